The van der Waals surface area contributed by atoms with Crippen molar-refractivity contribution in [3.05, 3.63) is 83.8 Å². The molecule has 0 amide bonds. The van der Waals surface area contributed by atoms with Crippen LogP contribution in [0, 0.1) is 5.82 Å². The Hall–Kier alpha value is -3.39. The lowest BCUT2D eigenvalue weighted by atomic mass is 10.0. The second-order valence-corrected chi connectivity index (χ2v) is 9.90. The van der Waals surface area contributed by atoms with Crippen molar-refractivity contribution in [1.29, 1.82) is 0 Å². The fourth-order valence-electron chi connectivity index (χ4n) is 4.56. The van der Waals surface area contributed by atoms with Crippen LogP contribution in [0.15, 0.2) is 72.4 Å². The SMILES string of the molecule is CN1CCN(Cc2ccc(-c3ccc4nccc(Oc5ccc6scnc6c5)c4c3)c(F)c2)CC1. The monoisotopic (exact) mass is 484 g/mol. The summed E-state index contributed by atoms with van der Waals surface area (Å²) in [4.78, 5) is 13.5. The minimum absolute atomic E-state index is 0.212. The van der Waals surface area contributed by atoms with Gasteiger partial charge in [-0.05, 0) is 54.6 Å². The Balaban J connectivity index is 1.28. The second kappa shape index (κ2) is 9.34. The van der Waals surface area contributed by atoms with Crippen molar-refractivity contribution in [2.75, 3.05) is 33.2 Å². The predicted octanol–water partition coefficient (Wildman–Crippen LogP) is 6.19. The molecule has 1 fully saturated rings. The summed E-state index contributed by atoms with van der Waals surface area (Å²) in [5, 5.41) is 0.837. The first kappa shape index (κ1) is 22.1. The molecule has 0 radical (unpaired) electrons. The molecule has 3 aromatic carbocycles. The predicted molar refractivity (Wildman–Crippen MR) is 140 cm³/mol. The van der Waals surface area contributed by atoms with E-state index in [9.17, 15) is 0 Å². The van der Waals surface area contributed by atoms with E-state index in [2.05, 4.69) is 26.8 Å². The highest BCUT2D eigenvalue weighted by Gasteiger charge is 2.16. The van der Waals surface area contributed by atoms with Crippen LogP contribution in [-0.2, 0) is 6.54 Å². The maximum Gasteiger partial charge on any atom is 0.138 e. The summed E-state index contributed by atoms with van der Waals surface area (Å²) in [6, 6.07) is 19.1. The maximum atomic E-state index is 15.2. The zero-order chi connectivity index (χ0) is 23.8. The van der Waals surface area contributed by atoms with Crippen LogP contribution in [0.3, 0.4) is 0 Å². The minimum atomic E-state index is -0.212. The van der Waals surface area contributed by atoms with Gasteiger partial charge < -0.3 is 9.64 Å². The molecule has 0 saturated carbocycles. The van der Waals surface area contributed by atoms with Crippen LogP contribution in [0.1, 0.15) is 5.56 Å². The van der Waals surface area contributed by atoms with Crippen molar-refractivity contribution in [2.45, 2.75) is 6.54 Å². The number of nitrogens with zero attached hydrogens (tertiary/aromatic N) is 4. The normalized spacial score (nSPS) is 15.1. The maximum absolute atomic E-state index is 15.2. The van der Waals surface area contributed by atoms with Gasteiger partial charge in [0, 0.05) is 55.9 Å². The number of benzene rings is 3. The third-order valence-corrected chi connectivity index (χ3v) is 7.39. The molecule has 1 aliphatic heterocycles. The standard InChI is InChI=1S/C28H25FN4OS/c1-32-10-12-33(13-11-32)17-19-2-5-22(24(29)14-19)20-3-6-25-23(15-20)27(8-9-30-25)34-21-4-7-28-26(16-21)31-18-35-28/h2-9,14-16,18H,10-13,17H2,1H3. The average Bonchev–Trinajstić information content (AvgIpc) is 3.34. The van der Waals surface area contributed by atoms with Gasteiger partial charge in [0.05, 0.1) is 21.2 Å². The number of rotatable bonds is 5. The first-order valence-electron chi connectivity index (χ1n) is 11.7. The second-order valence-electron chi connectivity index (χ2n) is 9.02. The van der Waals surface area contributed by atoms with E-state index in [1.165, 1.54) is 0 Å². The van der Waals surface area contributed by atoms with Gasteiger partial charge in [-0.2, -0.15) is 0 Å². The van der Waals surface area contributed by atoms with Crippen molar-refractivity contribution in [2.24, 2.45) is 0 Å². The van der Waals surface area contributed by atoms with E-state index >= 15 is 4.39 Å². The van der Waals surface area contributed by atoms with Gasteiger partial charge in [0.2, 0.25) is 0 Å². The third-order valence-electron chi connectivity index (χ3n) is 6.58. The summed E-state index contributed by atoms with van der Waals surface area (Å²) >= 11 is 1.60. The number of hydrogen-bond acceptors (Lipinski definition) is 6. The van der Waals surface area contributed by atoms with E-state index in [0.29, 0.717) is 17.1 Å². The molecule has 176 valence electrons. The van der Waals surface area contributed by atoms with Crippen molar-refractivity contribution in [3.8, 4) is 22.6 Å². The summed E-state index contributed by atoms with van der Waals surface area (Å²) in [5.74, 6) is 1.18. The van der Waals surface area contributed by atoms with E-state index in [1.54, 1.807) is 23.6 Å². The van der Waals surface area contributed by atoms with Crippen LogP contribution >= 0.6 is 11.3 Å². The summed E-state index contributed by atoms with van der Waals surface area (Å²) in [6.45, 7) is 4.89. The van der Waals surface area contributed by atoms with Gasteiger partial charge in [0.1, 0.15) is 17.3 Å². The number of hydrogen-bond donors (Lipinski definition) is 0. The number of fused-ring (bicyclic) bond motifs is 2. The van der Waals surface area contributed by atoms with Crippen LogP contribution in [0.25, 0.3) is 32.2 Å². The Morgan fingerprint density at radius 1 is 0.914 bits per heavy atom. The van der Waals surface area contributed by atoms with Gasteiger partial charge in [-0.1, -0.05) is 18.2 Å². The van der Waals surface area contributed by atoms with E-state index in [1.807, 2.05) is 60.1 Å². The summed E-state index contributed by atoms with van der Waals surface area (Å²) < 4.78 is 22.6. The minimum Gasteiger partial charge on any atom is -0.457 e. The Bertz CT molecular complexity index is 1510. The van der Waals surface area contributed by atoms with Gasteiger partial charge >= 0.3 is 0 Å². The summed E-state index contributed by atoms with van der Waals surface area (Å²) in [6.07, 6.45) is 1.73. The summed E-state index contributed by atoms with van der Waals surface area (Å²) in [5.41, 5.74) is 5.91. The number of ether oxygens (including phenoxy) is 1. The lowest BCUT2D eigenvalue weighted by Gasteiger charge is -2.32. The van der Waals surface area contributed by atoms with Gasteiger partial charge in [-0.15, -0.1) is 11.3 Å². The molecule has 0 N–H and O–H groups in total. The Labute approximate surface area is 207 Å². The van der Waals surface area contributed by atoms with Gasteiger partial charge in [0.15, 0.2) is 0 Å². The Kier molecular flexibility index (Phi) is 5.90. The highest BCUT2D eigenvalue weighted by molar-refractivity contribution is 7.16. The molecule has 1 aliphatic rings. The molecule has 6 rings (SSSR count). The molecule has 0 unspecified atom stereocenters. The number of aromatic nitrogens is 2. The molecular formula is C28H25FN4OS. The molecule has 3 heterocycles. The van der Waals surface area contributed by atoms with Crippen LogP contribution in [0.5, 0.6) is 11.5 Å². The number of pyridine rings is 1. The molecule has 5 aromatic rings. The molecule has 35 heavy (non-hydrogen) atoms. The molecule has 5 nitrogen and oxygen atoms in total. The molecule has 0 spiro atoms. The largest absolute Gasteiger partial charge is 0.457 e. The lowest BCUT2D eigenvalue weighted by Crippen LogP contribution is -2.43. The van der Waals surface area contributed by atoms with E-state index < -0.39 is 0 Å². The van der Waals surface area contributed by atoms with Gasteiger partial charge in [0.25, 0.3) is 0 Å². The fraction of sp³-hybridized carbons (Fsp3) is 0.214. The van der Waals surface area contributed by atoms with E-state index in [-0.39, 0.29) is 5.82 Å². The number of piperazine rings is 1. The molecule has 1 saturated heterocycles. The van der Waals surface area contributed by atoms with E-state index in [0.717, 1.165) is 65.0 Å². The van der Waals surface area contributed by atoms with E-state index in [4.69, 9.17) is 4.74 Å². The van der Waals surface area contributed by atoms with Crippen molar-refractivity contribution < 1.29 is 9.13 Å². The van der Waals surface area contributed by atoms with Crippen LogP contribution in [-0.4, -0.2) is 53.0 Å². The highest BCUT2D eigenvalue weighted by atomic mass is 32.1. The van der Waals surface area contributed by atoms with Gasteiger partial charge in [-0.3, -0.25) is 9.88 Å². The molecular weight excluding hydrogens is 459 g/mol. The Morgan fingerprint density at radius 3 is 2.66 bits per heavy atom. The highest BCUT2D eigenvalue weighted by Crippen LogP contribution is 2.34. The van der Waals surface area contributed by atoms with Crippen LogP contribution < -0.4 is 4.74 Å². The zero-order valence-electron chi connectivity index (χ0n) is 19.4. The molecule has 7 heteroatoms. The Morgan fingerprint density at radius 2 is 1.80 bits per heavy atom. The summed E-state index contributed by atoms with van der Waals surface area (Å²) in [7, 11) is 2.14. The lowest BCUT2D eigenvalue weighted by molar-refractivity contribution is 0.148. The third kappa shape index (κ3) is 4.62. The van der Waals surface area contributed by atoms with Crippen molar-refractivity contribution >= 4 is 32.5 Å². The van der Waals surface area contributed by atoms with Crippen molar-refractivity contribution in [3.63, 3.8) is 0 Å². The van der Waals surface area contributed by atoms with Gasteiger partial charge in [-0.25, -0.2) is 9.37 Å². The first-order chi connectivity index (χ1) is 17.1. The molecule has 0 atom stereocenters. The molecule has 0 aliphatic carbocycles. The molecule has 2 aromatic heterocycles. The average molecular weight is 485 g/mol. The quantitative estimate of drug-likeness (QED) is 0.298. The first-order valence-corrected chi connectivity index (χ1v) is 12.6. The number of halogens is 1. The number of likely N-dealkylation sites (N-methyl/N-ethyl adjacent to an activating group) is 1. The number of thiazole rings is 1. The molecule has 0 bridgehead atoms. The van der Waals surface area contributed by atoms with Crippen LogP contribution in [0.4, 0.5) is 4.39 Å². The van der Waals surface area contributed by atoms with Crippen molar-refractivity contribution in [1.82, 2.24) is 19.8 Å². The zero-order valence-corrected chi connectivity index (χ0v) is 20.3. The topological polar surface area (TPSA) is 41.5 Å². The fourth-order valence-corrected chi connectivity index (χ4v) is 5.22. The smallest absolute Gasteiger partial charge is 0.138 e. The van der Waals surface area contributed by atoms with Crippen LogP contribution in [0.2, 0.25) is 0 Å².